The second-order valence-electron chi connectivity index (χ2n) is 5.61. The minimum atomic E-state index is 0.0316. The number of hydrogen-bond acceptors (Lipinski definition) is 4. The van der Waals surface area contributed by atoms with Gasteiger partial charge in [-0.2, -0.15) is 5.26 Å². The van der Waals surface area contributed by atoms with Crippen molar-refractivity contribution in [2.75, 3.05) is 13.2 Å². The van der Waals surface area contributed by atoms with Gasteiger partial charge in [0.1, 0.15) is 11.8 Å². The van der Waals surface area contributed by atoms with Gasteiger partial charge < -0.3 is 9.64 Å². The fourth-order valence-electron chi connectivity index (χ4n) is 2.86. The summed E-state index contributed by atoms with van der Waals surface area (Å²) >= 11 is 1.77. The zero-order valence-corrected chi connectivity index (χ0v) is 14.3. The lowest BCUT2D eigenvalue weighted by Gasteiger charge is -2.32. The van der Waals surface area contributed by atoms with E-state index in [1.807, 2.05) is 29.2 Å². The number of ether oxygens (including phenoxy) is 1. The number of fused-ring (bicyclic) bond motifs is 1. The summed E-state index contributed by atoms with van der Waals surface area (Å²) in [6, 6.07) is 11.5. The Morgan fingerprint density at radius 2 is 2.21 bits per heavy atom. The fraction of sp³-hybridized carbons (Fsp3) is 0.263. The average Bonchev–Trinajstić information content (AvgIpc) is 3.09. The van der Waals surface area contributed by atoms with E-state index in [9.17, 15) is 4.79 Å². The van der Waals surface area contributed by atoms with Gasteiger partial charge in [0.15, 0.2) is 6.61 Å². The van der Waals surface area contributed by atoms with Crippen molar-refractivity contribution in [2.45, 2.75) is 19.4 Å². The molecule has 2 heterocycles. The molecule has 0 N–H and O–H groups in total. The third-order valence-corrected chi connectivity index (χ3v) is 5.16. The lowest BCUT2D eigenvalue weighted by Crippen LogP contribution is -2.37. The van der Waals surface area contributed by atoms with Crippen molar-refractivity contribution in [1.29, 1.82) is 5.26 Å². The van der Waals surface area contributed by atoms with Crippen LogP contribution in [-0.4, -0.2) is 24.0 Å². The van der Waals surface area contributed by atoms with E-state index in [1.54, 1.807) is 29.5 Å². The van der Waals surface area contributed by atoms with Crippen LogP contribution in [0.15, 0.2) is 41.8 Å². The maximum Gasteiger partial charge on any atom is 0.247 e. The molecule has 2 aromatic rings. The van der Waals surface area contributed by atoms with Crippen LogP contribution >= 0.6 is 11.3 Å². The summed E-state index contributed by atoms with van der Waals surface area (Å²) < 4.78 is 5.21. The Hall–Kier alpha value is -2.58. The van der Waals surface area contributed by atoms with Gasteiger partial charge in [-0.15, -0.1) is 11.3 Å². The molecule has 0 fully saturated rings. The molecule has 0 bridgehead atoms. The summed E-state index contributed by atoms with van der Waals surface area (Å²) in [6.07, 6.45) is 4.37. The predicted octanol–water partition coefficient (Wildman–Crippen LogP) is 3.81. The molecule has 4 nitrogen and oxygen atoms in total. The molecule has 0 radical (unpaired) electrons. The fourth-order valence-corrected chi connectivity index (χ4v) is 3.83. The van der Waals surface area contributed by atoms with Crippen LogP contribution in [0.4, 0.5) is 0 Å². The topological polar surface area (TPSA) is 53.3 Å². The molecule has 5 heteroatoms. The molecule has 0 saturated carbocycles. The highest BCUT2D eigenvalue weighted by atomic mass is 32.1. The molecule has 1 unspecified atom stereocenters. The minimum absolute atomic E-state index is 0.0316. The first kappa shape index (κ1) is 16.3. The van der Waals surface area contributed by atoms with Gasteiger partial charge in [-0.25, -0.2) is 0 Å². The Labute approximate surface area is 145 Å². The standard InChI is InChI=1S/C19H18N2O2S/c1-14-17-9-13-24-18(17)8-11-21(14)19(22)7-4-15-2-5-16(6-3-15)23-12-10-20/h2-7,9,13-14H,8,11-12H2,1H3/b7-4+. The summed E-state index contributed by atoms with van der Waals surface area (Å²) in [6.45, 7) is 2.88. The SMILES string of the molecule is CC1c2ccsc2CCN1C(=O)/C=C/c1ccc(OCC#N)cc1. The van der Waals surface area contributed by atoms with E-state index in [4.69, 9.17) is 10.00 Å². The van der Waals surface area contributed by atoms with E-state index in [0.29, 0.717) is 5.75 Å². The van der Waals surface area contributed by atoms with E-state index in [1.165, 1.54) is 10.4 Å². The quantitative estimate of drug-likeness (QED) is 0.797. The van der Waals surface area contributed by atoms with E-state index in [-0.39, 0.29) is 18.6 Å². The second kappa shape index (κ2) is 7.33. The minimum Gasteiger partial charge on any atom is -0.479 e. The molecule has 0 spiro atoms. The van der Waals surface area contributed by atoms with E-state index in [0.717, 1.165) is 18.5 Å². The van der Waals surface area contributed by atoms with Crippen molar-refractivity contribution >= 4 is 23.3 Å². The third-order valence-electron chi connectivity index (χ3n) is 4.16. The number of nitrogens with zero attached hydrogens (tertiary/aromatic N) is 2. The van der Waals surface area contributed by atoms with Crippen LogP contribution in [0.5, 0.6) is 5.75 Å². The van der Waals surface area contributed by atoms with Crippen LogP contribution < -0.4 is 4.74 Å². The van der Waals surface area contributed by atoms with Crippen LogP contribution in [0.1, 0.15) is 29.0 Å². The molecule has 1 aliphatic rings. The first-order chi connectivity index (χ1) is 11.7. The predicted molar refractivity (Wildman–Crippen MR) is 94.7 cm³/mol. The molecule has 24 heavy (non-hydrogen) atoms. The van der Waals surface area contributed by atoms with Crippen LogP contribution in [0.2, 0.25) is 0 Å². The van der Waals surface area contributed by atoms with Gasteiger partial charge >= 0.3 is 0 Å². The molecule has 1 aromatic heterocycles. The summed E-state index contributed by atoms with van der Waals surface area (Å²) in [5, 5.41) is 10.6. The molecule has 1 aliphatic heterocycles. The van der Waals surface area contributed by atoms with E-state index in [2.05, 4.69) is 18.4 Å². The van der Waals surface area contributed by atoms with Crippen LogP contribution in [-0.2, 0) is 11.2 Å². The lowest BCUT2D eigenvalue weighted by molar-refractivity contribution is -0.128. The monoisotopic (exact) mass is 338 g/mol. The number of rotatable bonds is 4. The third kappa shape index (κ3) is 3.50. The smallest absolute Gasteiger partial charge is 0.247 e. The van der Waals surface area contributed by atoms with Gasteiger partial charge in [0, 0.05) is 17.5 Å². The van der Waals surface area contributed by atoms with E-state index >= 15 is 0 Å². The van der Waals surface area contributed by atoms with Gasteiger partial charge in [-0.05, 0) is 54.1 Å². The summed E-state index contributed by atoms with van der Waals surface area (Å²) in [4.78, 5) is 15.8. The normalized spacial score (nSPS) is 16.7. The van der Waals surface area contributed by atoms with Gasteiger partial charge in [-0.1, -0.05) is 12.1 Å². The van der Waals surface area contributed by atoms with E-state index < -0.39 is 0 Å². The van der Waals surface area contributed by atoms with Crippen LogP contribution in [0.3, 0.4) is 0 Å². The number of hydrogen-bond donors (Lipinski definition) is 0. The zero-order chi connectivity index (χ0) is 16.9. The number of benzene rings is 1. The Bertz CT molecular complexity index is 786. The van der Waals surface area contributed by atoms with Crippen molar-refractivity contribution in [1.82, 2.24) is 4.90 Å². The molecule has 122 valence electrons. The second-order valence-corrected chi connectivity index (χ2v) is 6.61. The maximum absolute atomic E-state index is 12.5. The van der Waals surface area contributed by atoms with Crippen molar-refractivity contribution in [3.8, 4) is 11.8 Å². The number of thiophene rings is 1. The van der Waals surface area contributed by atoms with Crippen molar-refractivity contribution < 1.29 is 9.53 Å². The molecular formula is C19H18N2O2S. The number of amides is 1. The molecular weight excluding hydrogens is 320 g/mol. The van der Waals surface area contributed by atoms with Crippen molar-refractivity contribution in [3.63, 3.8) is 0 Å². The Morgan fingerprint density at radius 3 is 2.96 bits per heavy atom. The number of nitriles is 1. The molecule has 1 atom stereocenters. The first-order valence-electron chi connectivity index (χ1n) is 7.84. The average molecular weight is 338 g/mol. The van der Waals surface area contributed by atoms with Gasteiger partial charge in [0.2, 0.25) is 5.91 Å². The van der Waals surface area contributed by atoms with Crippen molar-refractivity contribution in [3.05, 3.63) is 57.8 Å². The van der Waals surface area contributed by atoms with Gasteiger partial charge in [0.25, 0.3) is 0 Å². The van der Waals surface area contributed by atoms with Crippen LogP contribution in [0, 0.1) is 11.3 Å². The molecule has 0 aliphatic carbocycles. The molecule has 1 aromatic carbocycles. The molecule has 1 amide bonds. The Morgan fingerprint density at radius 1 is 1.42 bits per heavy atom. The first-order valence-corrected chi connectivity index (χ1v) is 8.72. The highest BCUT2D eigenvalue weighted by Gasteiger charge is 2.26. The maximum atomic E-state index is 12.5. The van der Waals surface area contributed by atoms with Gasteiger partial charge in [0.05, 0.1) is 6.04 Å². The zero-order valence-electron chi connectivity index (χ0n) is 13.4. The number of carbonyl (C=O) groups is 1. The molecule has 3 rings (SSSR count). The highest BCUT2D eigenvalue weighted by molar-refractivity contribution is 7.10. The Balaban J connectivity index is 1.64. The number of carbonyl (C=O) groups excluding carboxylic acids is 1. The largest absolute Gasteiger partial charge is 0.479 e. The van der Waals surface area contributed by atoms with Crippen molar-refractivity contribution in [2.24, 2.45) is 0 Å². The lowest BCUT2D eigenvalue weighted by atomic mass is 10.0. The summed E-state index contributed by atoms with van der Waals surface area (Å²) in [5.41, 5.74) is 2.19. The molecule has 0 saturated heterocycles. The highest BCUT2D eigenvalue weighted by Crippen LogP contribution is 2.32. The van der Waals surface area contributed by atoms with Gasteiger partial charge in [-0.3, -0.25) is 4.79 Å². The summed E-state index contributed by atoms with van der Waals surface area (Å²) in [7, 11) is 0. The Kier molecular flexibility index (Phi) is 4.97. The summed E-state index contributed by atoms with van der Waals surface area (Å²) in [5.74, 6) is 0.679. The van der Waals surface area contributed by atoms with Crippen LogP contribution in [0.25, 0.3) is 6.08 Å².